The summed E-state index contributed by atoms with van der Waals surface area (Å²) in [6.07, 6.45) is 0.646. The lowest BCUT2D eigenvalue weighted by atomic mass is 10.1. The number of nitrogens with two attached hydrogens (primary N) is 1. The van der Waals surface area contributed by atoms with Gasteiger partial charge in [-0.1, -0.05) is 24.3 Å². The molecule has 1 saturated heterocycles. The predicted octanol–water partition coefficient (Wildman–Crippen LogP) is 2.18. The molecule has 1 aliphatic rings. The van der Waals surface area contributed by atoms with E-state index in [1.807, 2.05) is 0 Å². The highest BCUT2D eigenvalue weighted by Crippen LogP contribution is 2.16. The van der Waals surface area contributed by atoms with Crippen molar-refractivity contribution in [3.8, 4) is 0 Å². The van der Waals surface area contributed by atoms with Crippen LogP contribution in [0.3, 0.4) is 0 Å². The van der Waals surface area contributed by atoms with Gasteiger partial charge in [-0.05, 0) is 25.0 Å². The molecular weight excluding hydrogens is 248 g/mol. The van der Waals surface area contributed by atoms with E-state index >= 15 is 0 Å². The van der Waals surface area contributed by atoms with Crippen LogP contribution in [0.4, 0.5) is 0 Å². The van der Waals surface area contributed by atoms with Crippen molar-refractivity contribution in [2.24, 2.45) is 5.73 Å². The van der Waals surface area contributed by atoms with E-state index in [4.69, 9.17) is 10.5 Å². The molecule has 1 heterocycles. The number of morpholine rings is 1. The van der Waals surface area contributed by atoms with E-state index in [9.17, 15) is 0 Å². The molecule has 2 rings (SSSR count). The third-order valence-corrected chi connectivity index (χ3v) is 3.23. The van der Waals surface area contributed by atoms with Crippen molar-refractivity contribution in [1.29, 1.82) is 0 Å². The fourth-order valence-corrected chi connectivity index (χ4v) is 2.57. The molecule has 0 aromatic heterocycles. The Labute approximate surface area is 116 Å². The smallest absolute Gasteiger partial charge is 0.0678 e. The van der Waals surface area contributed by atoms with Gasteiger partial charge < -0.3 is 10.5 Å². The van der Waals surface area contributed by atoms with Crippen LogP contribution in [-0.2, 0) is 17.8 Å². The Hall–Kier alpha value is -0.610. The van der Waals surface area contributed by atoms with Crippen LogP contribution in [0.1, 0.15) is 25.0 Å². The van der Waals surface area contributed by atoms with Crippen molar-refractivity contribution in [1.82, 2.24) is 4.90 Å². The summed E-state index contributed by atoms with van der Waals surface area (Å²) in [5.74, 6) is 0. The van der Waals surface area contributed by atoms with Crippen molar-refractivity contribution in [3.63, 3.8) is 0 Å². The van der Waals surface area contributed by atoms with Crippen LogP contribution >= 0.6 is 12.4 Å². The lowest BCUT2D eigenvalue weighted by Gasteiger charge is -2.35. The maximum absolute atomic E-state index is 5.77. The minimum Gasteiger partial charge on any atom is -0.373 e. The molecule has 0 amide bonds. The van der Waals surface area contributed by atoms with E-state index < -0.39 is 0 Å². The van der Waals surface area contributed by atoms with E-state index in [2.05, 4.69) is 43.0 Å². The highest BCUT2D eigenvalue weighted by Gasteiger charge is 2.22. The number of nitrogens with zero attached hydrogens (tertiary/aromatic N) is 1. The molecule has 1 aromatic carbocycles. The Bertz CT molecular complexity index is 363. The van der Waals surface area contributed by atoms with Crippen molar-refractivity contribution in [2.75, 3.05) is 13.1 Å². The summed E-state index contributed by atoms with van der Waals surface area (Å²) >= 11 is 0. The molecule has 0 saturated carbocycles. The number of halogens is 1. The topological polar surface area (TPSA) is 38.5 Å². The summed E-state index contributed by atoms with van der Waals surface area (Å²) in [6.45, 7) is 7.87. The summed E-state index contributed by atoms with van der Waals surface area (Å²) in [5, 5.41) is 0. The fourth-order valence-electron chi connectivity index (χ4n) is 2.57. The van der Waals surface area contributed by atoms with Crippen LogP contribution in [0.15, 0.2) is 24.3 Å². The summed E-state index contributed by atoms with van der Waals surface area (Å²) in [7, 11) is 0. The van der Waals surface area contributed by atoms with Gasteiger partial charge in [0.2, 0.25) is 0 Å². The third kappa shape index (κ3) is 3.95. The lowest BCUT2D eigenvalue weighted by molar-refractivity contribution is -0.0705. The van der Waals surface area contributed by atoms with Gasteiger partial charge >= 0.3 is 0 Å². The van der Waals surface area contributed by atoms with Gasteiger partial charge in [-0.25, -0.2) is 0 Å². The van der Waals surface area contributed by atoms with Gasteiger partial charge in [0.1, 0.15) is 0 Å². The van der Waals surface area contributed by atoms with Crippen LogP contribution < -0.4 is 5.73 Å². The highest BCUT2D eigenvalue weighted by atomic mass is 35.5. The summed E-state index contributed by atoms with van der Waals surface area (Å²) < 4.78 is 5.74. The zero-order valence-electron chi connectivity index (χ0n) is 11.1. The largest absolute Gasteiger partial charge is 0.373 e. The van der Waals surface area contributed by atoms with E-state index in [-0.39, 0.29) is 12.4 Å². The van der Waals surface area contributed by atoms with Crippen molar-refractivity contribution in [2.45, 2.75) is 39.1 Å². The molecule has 0 spiro atoms. The van der Waals surface area contributed by atoms with Gasteiger partial charge in [-0.2, -0.15) is 0 Å². The van der Waals surface area contributed by atoms with Gasteiger partial charge in [-0.3, -0.25) is 4.90 Å². The molecule has 4 heteroatoms. The molecule has 1 aliphatic heterocycles. The molecule has 0 aliphatic carbocycles. The zero-order chi connectivity index (χ0) is 12.3. The number of ether oxygens (including phenoxy) is 1. The summed E-state index contributed by atoms with van der Waals surface area (Å²) in [4.78, 5) is 2.45. The maximum Gasteiger partial charge on any atom is 0.0678 e. The standard InChI is InChI=1S/C14H22N2O.ClH/c1-11-8-16(9-12(2)17-11)10-14-6-4-3-5-13(14)7-15;/h3-6,11-12H,7-10,15H2,1-2H3;1H. The second-order valence-corrected chi connectivity index (χ2v) is 4.92. The van der Waals surface area contributed by atoms with Crippen molar-refractivity contribution >= 4 is 12.4 Å². The van der Waals surface area contributed by atoms with Gasteiger partial charge in [0.05, 0.1) is 12.2 Å². The molecule has 1 fully saturated rings. The quantitative estimate of drug-likeness (QED) is 0.915. The first-order valence-electron chi connectivity index (χ1n) is 6.33. The van der Waals surface area contributed by atoms with Gasteiger partial charge in [0, 0.05) is 26.2 Å². The maximum atomic E-state index is 5.77. The average molecular weight is 271 g/mol. The second-order valence-electron chi connectivity index (χ2n) is 4.92. The molecule has 18 heavy (non-hydrogen) atoms. The minimum absolute atomic E-state index is 0. The minimum atomic E-state index is 0. The van der Waals surface area contributed by atoms with E-state index in [1.54, 1.807) is 0 Å². The van der Waals surface area contributed by atoms with Crippen molar-refractivity contribution in [3.05, 3.63) is 35.4 Å². The first kappa shape index (κ1) is 15.4. The number of hydrogen-bond donors (Lipinski definition) is 1. The first-order valence-corrected chi connectivity index (χ1v) is 6.33. The summed E-state index contributed by atoms with van der Waals surface area (Å²) in [6, 6.07) is 8.42. The number of hydrogen-bond acceptors (Lipinski definition) is 3. The van der Waals surface area contributed by atoms with Gasteiger partial charge in [0.15, 0.2) is 0 Å². The molecule has 2 atom stereocenters. The Morgan fingerprint density at radius 3 is 2.28 bits per heavy atom. The normalized spacial score (nSPS) is 24.6. The highest BCUT2D eigenvalue weighted by molar-refractivity contribution is 5.85. The molecular formula is C14H23ClN2O. The Morgan fingerprint density at radius 2 is 1.72 bits per heavy atom. The molecule has 3 nitrogen and oxygen atoms in total. The Balaban J connectivity index is 0.00000162. The van der Waals surface area contributed by atoms with Crippen LogP contribution in [0.25, 0.3) is 0 Å². The molecule has 0 bridgehead atoms. The number of rotatable bonds is 3. The SMILES string of the molecule is CC1CN(Cc2ccccc2CN)CC(C)O1.Cl. The molecule has 102 valence electrons. The van der Waals surface area contributed by atoms with E-state index in [0.717, 1.165) is 19.6 Å². The molecule has 2 unspecified atom stereocenters. The lowest BCUT2D eigenvalue weighted by Crippen LogP contribution is -2.44. The van der Waals surface area contributed by atoms with Crippen molar-refractivity contribution < 1.29 is 4.74 Å². The number of benzene rings is 1. The average Bonchev–Trinajstić information content (AvgIpc) is 2.28. The van der Waals surface area contributed by atoms with Crippen LogP contribution in [0.2, 0.25) is 0 Å². The second kappa shape index (κ2) is 7.10. The molecule has 0 radical (unpaired) electrons. The van der Waals surface area contributed by atoms with Gasteiger partial charge in [-0.15, -0.1) is 12.4 Å². The Morgan fingerprint density at radius 1 is 1.17 bits per heavy atom. The fraction of sp³-hybridized carbons (Fsp3) is 0.571. The van der Waals surface area contributed by atoms with Gasteiger partial charge in [0.25, 0.3) is 0 Å². The Kier molecular flexibility index (Phi) is 6.09. The monoisotopic (exact) mass is 270 g/mol. The van der Waals surface area contributed by atoms with E-state index in [0.29, 0.717) is 18.8 Å². The third-order valence-electron chi connectivity index (χ3n) is 3.23. The first-order chi connectivity index (χ1) is 8.19. The van der Waals surface area contributed by atoms with Crippen LogP contribution in [0, 0.1) is 0 Å². The van der Waals surface area contributed by atoms with Crippen LogP contribution in [0.5, 0.6) is 0 Å². The van der Waals surface area contributed by atoms with E-state index in [1.165, 1.54) is 11.1 Å². The molecule has 2 N–H and O–H groups in total. The predicted molar refractivity (Wildman–Crippen MR) is 76.9 cm³/mol. The zero-order valence-corrected chi connectivity index (χ0v) is 12.0. The summed E-state index contributed by atoms with van der Waals surface area (Å²) in [5.41, 5.74) is 8.36. The molecule has 1 aromatic rings. The van der Waals surface area contributed by atoms with Crippen LogP contribution in [-0.4, -0.2) is 30.2 Å².